The number of amides is 1. The highest BCUT2D eigenvalue weighted by atomic mass is 16.5. The minimum Gasteiger partial charge on any atom is -0.455 e. The van der Waals surface area contributed by atoms with Crippen LogP contribution in [0.2, 0.25) is 0 Å². The van der Waals surface area contributed by atoms with Crippen LogP contribution in [0.25, 0.3) is 0 Å². The highest BCUT2D eigenvalue weighted by molar-refractivity contribution is 5.81. The van der Waals surface area contributed by atoms with Crippen LogP contribution in [0.5, 0.6) is 11.5 Å². The number of carbonyl (C=O) groups is 1. The molecule has 23 heavy (non-hydrogen) atoms. The Morgan fingerprint density at radius 2 is 1.74 bits per heavy atom. The van der Waals surface area contributed by atoms with Crippen molar-refractivity contribution in [1.29, 1.82) is 0 Å². The molecule has 0 aliphatic carbocycles. The zero-order valence-electron chi connectivity index (χ0n) is 14.0. The molecule has 0 radical (unpaired) electrons. The van der Waals surface area contributed by atoms with Gasteiger partial charge >= 0.3 is 0 Å². The summed E-state index contributed by atoms with van der Waals surface area (Å²) in [7, 11) is 1.89. The third-order valence-electron chi connectivity index (χ3n) is 3.34. The van der Waals surface area contributed by atoms with Gasteiger partial charge in [0.25, 0.3) is 0 Å². The van der Waals surface area contributed by atoms with Crippen LogP contribution in [-0.4, -0.2) is 26.0 Å². The van der Waals surface area contributed by atoms with Crippen molar-refractivity contribution in [2.75, 3.05) is 25.0 Å². The minimum absolute atomic E-state index is 0.00992. The first-order chi connectivity index (χ1) is 11.1. The zero-order valence-corrected chi connectivity index (χ0v) is 14.0. The van der Waals surface area contributed by atoms with Gasteiger partial charge in [-0.25, -0.2) is 0 Å². The van der Waals surface area contributed by atoms with Crippen molar-refractivity contribution < 1.29 is 9.53 Å². The van der Waals surface area contributed by atoms with Gasteiger partial charge in [0, 0.05) is 13.6 Å². The molecule has 4 heteroatoms. The smallest absolute Gasteiger partial charge is 0.239 e. The molecule has 4 nitrogen and oxygen atoms in total. The summed E-state index contributed by atoms with van der Waals surface area (Å²) in [4.78, 5) is 13.9. The lowest BCUT2D eigenvalue weighted by atomic mass is 10.2. The molecule has 2 aromatic carbocycles. The Morgan fingerprint density at radius 1 is 1.09 bits per heavy atom. The third kappa shape index (κ3) is 5.33. The number of anilines is 1. The number of nitrogens with one attached hydrogen (secondary N) is 1. The summed E-state index contributed by atoms with van der Waals surface area (Å²) in [6.07, 6.45) is 0. The molecule has 0 aliphatic heterocycles. The average Bonchev–Trinajstić information content (AvgIpc) is 2.54. The summed E-state index contributed by atoms with van der Waals surface area (Å²) < 4.78 is 5.94. The molecule has 0 saturated heterocycles. The van der Waals surface area contributed by atoms with Gasteiger partial charge in [-0.15, -0.1) is 0 Å². The van der Waals surface area contributed by atoms with E-state index < -0.39 is 0 Å². The van der Waals surface area contributed by atoms with Crippen LogP contribution in [0.1, 0.15) is 13.8 Å². The number of hydrogen-bond acceptors (Lipinski definition) is 3. The van der Waals surface area contributed by atoms with Crippen molar-refractivity contribution in [3.05, 3.63) is 54.6 Å². The molecule has 0 spiro atoms. The van der Waals surface area contributed by atoms with Crippen molar-refractivity contribution in [2.24, 2.45) is 5.92 Å². The maximum absolute atomic E-state index is 12.0. The Bertz CT molecular complexity index is 626. The van der Waals surface area contributed by atoms with Gasteiger partial charge in [-0.1, -0.05) is 44.2 Å². The van der Waals surface area contributed by atoms with Crippen LogP contribution in [0.3, 0.4) is 0 Å². The van der Waals surface area contributed by atoms with Gasteiger partial charge in [0.15, 0.2) is 5.75 Å². The lowest BCUT2D eigenvalue weighted by Crippen LogP contribution is -2.36. The van der Waals surface area contributed by atoms with E-state index in [1.54, 1.807) is 0 Å². The first-order valence-electron chi connectivity index (χ1n) is 7.86. The fourth-order valence-electron chi connectivity index (χ4n) is 2.15. The number of ether oxygens (including phenoxy) is 1. The second kappa shape index (κ2) is 8.22. The lowest BCUT2D eigenvalue weighted by molar-refractivity contribution is -0.119. The molecular formula is C19H24N2O2. The van der Waals surface area contributed by atoms with E-state index >= 15 is 0 Å². The Labute approximate surface area is 138 Å². The van der Waals surface area contributed by atoms with Crippen molar-refractivity contribution in [3.8, 4) is 11.5 Å². The van der Waals surface area contributed by atoms with Crippen LogP contribution >= 0.6 is 0 Å². The van der Waals surface area contributed by atoms with E-state index in [4.69, 9.17) is 4.74 Å². The van der Waals surface area contributed by atoms with E-state index in [0.29, 0.717) is 19.0 Å². The third-order valence-corrected chi connectivity index (χ3v) is 3.34. The van der Waals surface area contributed by atoms with Gasteiger partial charge in [0.2, 0.25) is 5.91 Å². The van der Waals surface area contributed by atoms with Gasteiger partial charge in [-0.3, -0.25) is 4.79 Å². The molecule has 2 rings (SSSR count). The van der Waals surface area contributed by atoms with Crippen molar-refractivity contribution in [3.63, 3.8) is 0 Å². The molecule has 1 amide bonds. The van der Waals surface area contributed by atoms with Crippen molar-refractivity contribution in [2.45, 2.75) is 13.8 Å². The van der Waals surface area contributed by atoms with Gasteiger partial charge in [0.05, 0.1) is 12.2 Å². The summed E-state index contributed by atoms with van der Waals surface area (Å²) in [5, 5.41) is 2.93. The number of nitrogens with zero attached hydrogens (tertiary/aromatic N) is 1. The number of likely N-dealkylation sites (N-methyl/N-ethyl adjacent to an activating group) is 1. The second-order valence-electron chi connectivity index (χ2n) is 5.94. The first kappa shape index (κ1) is 16.9. The molecular weight excluding hydrogens is 288 g/mol. The Morgan fingerprint density at radius 3 is 2.43 bits per heavy atom. The van der Waals surface area contributed by atoms with E-state index in [9.17, 15) is 4.79 Å². The summed E-state index contributed by atoms with van der Waals surface area (Å²) in [5.74, 6) is 1.96. The van der Waals surface area contributed by atoms with E-state index in [0.717, 1.165) is 17.2 Å². The van der Waals surface area contributed by atoms with Gasteiger partial charge < -0.3 is 15.0 Å². The lowest BCUT2D eigenvalue weighted by Gasteiger charge is -2.22. The van der Waals surface area contributed by atoms with E-state index in [1.807, 2.05) is 66.5 Å². The Balaban J connectivity index is 2.05. The molecule has 0 aliphatic rings. The quantitative estimate of drug-likeness (QED) is 0.848. The Hall–Kier alpha value is -2.49. The summed E-state index contributed by atoms with van der Waals surface area (Å²) in [6.45, 7) is 5.14. The molecule has 0 aromatic heterocycles. The van der Waals surface area contributed by atoms with Crippen molar-refractivity contribution in [1.82, 2.24) is 5.32 Å². The molecule has 0 fully saturated rings. The van der Waals surface area contributed by atoms with Crippen molar-refractivity contribution >= 4 is 11.6 Å². The number of benzene rings is 2. The van der Waals surface area contributed by atoms with Gasteiger partial charge in [-0.05, 0) is 30.2 Å². The maximum atomic E-state index is 12.0. The molecule has 0 heterocycles. The molecule has 122 valence electrons. The molecule has 2 aromatic rings. The zero-order chi connectivity index (χ0) is 16.7. The monoisotopic (exact) mass is 312 g/mol. The number of para-hydroxylation sites is 3. The predicted molar refractivity (Wildman–Crippen MR) is 94.1 cm³/mol. The van der Waals surface area contributed by atoms with Crippen LogP contribution < -0.4 is 15.0 Å². The Kier molecular flexibility index (Phi) is 6.03. The second-order valence-corrected chi connectivity index (χ2v) is 5.94. The first-order valence-corrected chi connectivity index (χ1v) is 7.86. The standard InChI is InChI=1S/C19H24N2O2/c1-15(2)13-20-19(22)14-21(3)17-11-7-8-12-18(17)23-16-9-5-4-6-10-16/h4-12,15H,13-14H2,1-3H3,(H,20,22). The summed E-state index contributed by atoms with van der Waals surface area (Å²) in [5.41, 5.74) is 0.885. The number of carbonyl (C=O) groups excluding carboxylic acids is 1. The highest BCUT2D eigenvalue weighted by Crippen LogP contribution is 2.31. The normalized spacial score (nSPS) is 10.4. The van der Waals surface area contributed by atoms with Gasteiger partial charge in [-0.2, -0.15) is 0 Å². The predicted octanol–water partition coefficient (Wildman–Crippen LogP) is 3.69. The minimum atomic E-state index is 0.00992. The number of hydrogen-bond donors (Lipinski definition) is 1. The molecule has 0 atom stereocenters. The molecule has 1 N–H and O–H groups in total. The van der Waals surface area contributed by atoms with E-state index in [-0.39, 0.29) is 5.91 Å². The number of rotatable bonds is 7. The van der Waals surface area contributed by atoms with Crippen LogP contribution in [0.15, 0.2) is 54.6 Å². The fourth-order valence-corrected chi connectivity index (χ4v) is 2.15. The summed E-state index contributed by atoms with van der Waals surface area (Å²) in [6, 6.07) is 17.4. The van der Waals surface area contributed by atoms with E-state index in [2.05, 4.69) is 19.2 Å². The molecule has 0 bridgehead atoms. The fraction of sp³-hybridized carbons (Fsp3) is 0.316. The summed E-state index contributed by atoms with van der Waals surface area (Å²) >= 11 is 0. The molecule has 0 saturated carbocycles. The van der Waals surface area contributed by atoms with Crippen LogP contribution in [0, 0.1) is 5.92 Å². The van der Waals surface area contributed by atoms with Gasteiger partial charge in [0.1, 0.15) is 5.75 Å². The topological polar surface area (TPSA) is 41.6 Å². The van der Waals surface area contributed by atoms with E-state index in [1.165, 1.54) is 0 Å². The largest absolute Gasteiger partial charge is 0.455 e. The molecule has 0 unspecified atom stereocenters. The SMILES string of the molecule is CC(C)CNC(=O)CN(C)c1ccccc1Oc1ccccc1. The average molecular weight is 312 g/mol. The van der Waals surface area contributed by atoms with Crippen LogP contribution in [0.4, 0.5) is 5.69 Å². The maximum Gasteiger partial charge on any atom is 0.239 e. The van der Waals surface area contributed by atoms with Crippen LogP contribution in [-0.2, 0) is 4.79 Å². The highest BCUT2D eigenvalue weighted by Gasteiger charge is 2.12.